The van der Waals surface area contributed by atoms with E-state index in [2.05, 4.69) is 20.2 Å². The Morgan fingerprint density at radius 2 is 1.73 bits per heavy atom. The van der Waals surface area contributed by atoms with E-state index in [1.807, 2.05) is 0 Å². The summed E-state index contributed by atoms with van der Waals surface area (Å²) in [7, 11) is -4.03. The van der Waals surface area contributed by atoms with Crippen LogP contribution in [-0.2, 0) is 10.0 Å². The molecule has 0 unspecified atom stereocenters. The molecule has 0 saturated heterocycles. The van der Waals surface area contributed by atoms with Gasteiger partial charge in [0, 0.05) is 5.56 Å². The summed E-state index contributed by atoms with van der Waals surface area (Å²) in [5.74, 6) is -0.420. The molecule has 0 aliphatic heterocycles. The molecule has 0 saturated carbocycles. The van der Waals surface area contributed by atoms with E-state index >= 15 is 0 Å². The standard InChI is InChI=1S/C15H10Cl2N4O3S2/c16-10-7-4-8-11(12(10)17)21-26(23,24)15-20-19-14(25-15)18-13(22)9-5-2-1-3-6-9/h1-8,21H,(H,18,19,22). The Bertz CT molecular complexity index is 1060. The quantitative estimate of drug-likeness (QED) is 0.600. The number of carbonyl (C=O) groups excluding carboxylic acids is 1. The maximum Gasteiger partial charge on any atom is 0.291 e. The molecule has 26 heavy (non-hydrogen) atoms. The molecule has 11 heteroatoms. The van der Waals surface area contributed by atoms with Crippen LogP contribution >= 0.6 is 34.5 Å². The number of anilines is 2. The van der Waals surface area contributed by atoms with Gasteiger partial charge in [-0.05, 0) is 24.3 Å². The second-order valence-corrected chi connectivity index (χ2v) is 8.52. The highest BCUT2D eigenvalue weighted by Crippen LogP contribution is 2.31. The minimum absolute atomic E-state index is 0.0522. The summed E-state index contributed by atoms with van der Waals surface area (Å²) in [5.41, 5.74) is 0.528. The van der Waals surface area contributed by atoms with Crippen molar-refractivity contribution < 1.29 is 13.2 Å². The van der Waals surface area contributed by atoms with Crippen LogP contribution in [-0.4, -0.2) is 24.5 Å². The van der Waals surface area contributed by atoms with Crippen molar-refractivity contribution in [2.45, 2.75) is 4.34 Å². The Labute approximate surface area is 163 Å². The normalized spacial score (nSPS) is 11.2. The van der Waals surface area contributed by atoms with Gasteiger partial charge in [0.1, 0.15) is 0 Å². The maximum atomic E-state index is 12.4. The lowest BCUT2D eigenvalue weighted by molar-refractivity contribution is 0.102. The van der Waals surface area contributed by atoms with E-state index in [1.165, 1.54) is 12.1 Å². The van der Waals surface area contributed by atoms with Gasteiger partial charge in [-0.3, -0.25) is 14.8 Å². The number of nitrogens with one attached hydrogen (secondary N) is 2. The maximum absolute atomic E-state index is 12.4. The second-order valence-electron chi connectivity index (χ2n) is 4.90. The highest BCUT2D eigenvalue weighted by molar-refractivity contribution is 7.94. The largest absolute Gasteiger partial charge is 0.296 e. The monoisotopic (exact) mass is 428 g/mol. The smallest absolute Gasteiger partial charge is 0.291 e. The molecule has 134 valence electrons. The van der Waals surface area contributed by atoms with Gasteiger partial charge in [0.15, 0.2) is 0 Å². The van der Waals surface area contributed by atoms with E-state index in [4.69, 9.17) is 23.2 Å². The zero-order valence-corrected chi connectivity index (χ0v) is 16.0. The lowest BCUT2D eigenvalue weighted by Crippen LogP contribution is -2.13. The topological polar surface area (TPSA) is 101 Å². The molecule has 2 N–H and O–H groups in total. The summed E-state index contributed by atoms with van der Waals surface area (Å²) in [5, 5.41) is 10.1. The molecule has 3 rings (SSSR count). The van der Waals surface area contributed by atoms with Gasteiger partial charge in [0.25, 0.3) is 20.3 Å². The van der Waals surface area contributed by atoms with E-state index in [0.29, 0.717) is 16.9 Å². The first-order valence-electron chi connectivity index (χ1n) is 7.03. The number of halogens is 2. The van der Waals surface area contributed by atoms with Crippen LogP contribution in [0.1, 0.15) is 10.4 Å². The van der Waals surface area contributed by atoms with E-state index in [-0.39, 0.29) is 25.2 Å². The fraction of sp³-hybridized carbons (Fsp3) is 0. The SMILES string of the molecule is O=C(Nc1nnc(S(=O)(=O)Nc2cccc(Cl)c2Cl)s1)c1ccccc1. The van der Waals surface area contributed by atoms with Crippen LogP contribution in [0.25, 0.3) is 0 Å². The number of hydrogen-bond donors (Lipinski definition) is 2. The van der Waals surface area contributed by atoms with Gasteiger partial charge in [-0.1, -0.05) is 58.8 Å². The summed E-state index contributed by atoms with van der Waals surface area (Å²) in [4.78, 5) is 12.1. The third-order valence-corrected chi connectivity index (χ3v) is 6.48. The fourth-order valence-electron chi connectivity index (χ4n) is 1.90. The number of amides is 1. The van der Waals surface area contributed by atoms with Crippen LogP contribution in [0.2, 0.25) is 10.0 Å². The number of aromatic nitrogens is 2. The summed E-state index contributed by atoms with van der Waals surface area (Å²) < 4.78 is 26.8. The highest BCUT2D eigenvalue weighted by Gasteiger charge is 2.22. The molecule has 0 fully saturated rings. The Hall–Kier alpha value is -2.20. The molecule has 0 aliphatic rings. The predicted molar refractivity (Wildman–Crippen MR) is 102 cm³/mol. The molecule has 0 atom stereocenters. The Morgan fingerprint density at radius 1 is 1.00 bits per heavy atom. The van der Waals surface area contributed by atoms with Crippen molar-refractivity contribution in [3.05, 3.63) is 64.1 Å². The Morgan fingerprint density at radius 3 is 2.46 bits per heavy atom. The predicted octanol–water partition coefficient (Wildman–Crippen LogP) is 3.90. The average molecular weight is 429 g/mol. The third-order valence-electron chi connectivity index (χ3n) is 3.09. The third kappa shape index (κ3) is 4.13. The van der Waals surface area contributed by atoms with Gasteiger partial charge >= 0.3 is 0 Å². The van der Waals surface area contributed by atoms with Gasteiger partial charge in [-0.25, -0.2) is 0 Å². The Balaban J connectivity index is 1.78. The summed E-state index contributed by atoms with van der Waals surface area (Å²) >= 11 is 12.6. The molecule has 3 aromatic rings. The fourth-order valence-corrected chi connectivity index (χ4v) is 4.27. The lowest BCUT2D eigenvalue weighted by Gasteiger charge is -2.07. The van der Waals surface area contributed by atoms with Crippen molar-refractivity contribution in [1.29, 1.82) is 0 Å². The van der Waals surface area contributed by atoms with Crippen molar-refractivity contribution in [2.75, 3.05) is 10.0 Å². The zero-order chi connectivity index (χ0) is 18.7. The molecule has 0 bridgehead atoms. The van der Waals surface area contributed by atoms with Gasteiger partial charge < -0.3 is 0 Å². The van der Waals surface area contributed by atoms with Crippen molar-refractivity contribution in [1.82, 2.24) is 10.2 Å². The minimum atomic E-state index is -4.03. The highest BCUT2D eigenvalue weighted by atomic mass is 35.5. The minimum Gasteiger partial charge on any atom is -0.296 e. The van der Waals surface area contributed by atoms with Crippen LogP contribution in [0.15, 0.2) is 52.9 Å². The molecule has 0 radical (unpaired) electrons. The molecule has 0 spiro atoms. The molecule has 1 amide bonds. The van der Waals surface area contributed by atoms with Crippen molar-refractivity contribution in [3.63, 3.8) is 0 Å². The van der Waals surface area contributed by atoms with Gasteiger partial charge in [-0.15, -0.1) is 10.2 Å². The first-order valence-corrected chi connectivity index (χ1v) is 10.1. The number of benzene rings is 2. The van der Waals surface area contributed by atoms with Crippen LogP contribution in [0.5, 0.6) is 0 Å². The van der Waals surface area contributed by atoms with Crippen molar-refractivity contribution >= 4 is 61.3 Å². The molecular formula is C15H10Cl2N4O3S2. The number of hydrogen-bond acceptors (Lipinski definition) is 6. The molecule has 1 aromatic heterocycles. The number of sulfonamides is 1. The second kappa shape index (κ2) is 7.58. The van der Waals surface area contributed by atoms with Crippen molar-refractivity contribution in [2.24, 2.45) is 0 Å². The first-order chi connectivity index (χ1) is 12.4. The lowest BCUT2D eigenvalue weighted by atomic mass is 10.2. The number of carbonyl (C=O) groups is 1. The number of rotatable bonds is 5. The van der Waals surface area contributed by atoms with E-state index < -0.39 is 15.9 Å². The van der Waals surface area contributed by atoms with Gasteiger partial charge in [0.05, 0.1) is 15.7 Å². The summed E-state index contributed by atoms with van der Waals surface area (Å²) in [6, 6.07) is 13.0. The van der Waals surface area contributed by atoms with Gasteiger partial charge in [0.2, 0.25) is 5.13 Å². The molecule has 0 aliphatic carbocycles. The molecule has 7 nitrogen and oxygen atoms in total. The van der Waals surface area contributed by atoms with Crippen LogP contribution in [0.3, 0.4) is 0 Å². The van der Waals surface area contributed by atoms with Crippen molar-refractivity contribution in [3.8, 4) is 0 Å². The van der Waals surface area contributed by atoms with E-state index in [1.54, 1.807) is 36.4 Å². The average Bonchev–Trinajstić information content (AvgIpc) is 3.09. The molecule has 1 heterocycles. The zero-order valence-electron chi connectivity index (χ0n) is 12.8. The molecule has 2 aromatic carbocycles. The molecular weight excluding hydrogens is 419 g/mol. The number of nitrogens with zero attached hydrogens (tertiary/aromatic N) is 2. The first kappa shape index (κ1) is 18.6. The van der Waals surface area contributed by atoms with Crippen LogP contribution in [0.4, 0.5) is 10.8 Å². The van der Waals surface area contributed by atoms with Crippen LogP contribution in [0, 0.1) is 0 Å². The van der Waals surface area contributed by atoms with E-state index in [9.17, 15) is 13.2 Å². The van der Waals surface area contributed by atoms with Crippen LogP contribution < -0.4 is 10.0 Å². The van der Waals surface area contributed by atoms with Gasteiger partial charge in [-0.2, -0.15) is 8.42 Å². The Kier molecular flexibility index (Phi) is 5.42. The summed E-state index contributed by atoms with van der Waals surface area (Å²) in [6.07, 6.45) is 0. The van der Waals surface area contributed by atoms with E-state index in [0.717, 1.165) is 0 Å². The summed E-state index contributed by atoms with van der Waals surface area (Å²) in [6.45, 7) is 0.